The van der Waals surface area contributed by atoms with E-state index in [4.69, 9.17) is 9.94 Å². The third kappa shape index (κ3) is 3.66. The molecule has 1 rings (SSSR count). The second-order valence-electron chi connectivity index (χ2n) is 3.78. The smallest absolute Gasteiger partial charge is 0.128 e. The number of aromatic hydroxyl groups is 1. The van der Waals surface area contributed by atoms with Gasteiger partial charge >= 0.3 is 0 Å². The molecule has 0 aliphatic heterocycles. The molecule has 4 nitrogen and oxygen atoms in total. The van der Waals surface area contributed by atoms with E-state index < -0.39 is 0 Å². The number of phenolic OH excluding ortho intramolecular Hbond substituents is 1. The Morgan fingerprint density at radius 2 is 2.12 bits per heavy atom. The molecule has 0 unspecified atom stereocenters. The lowest BCUT2D eigenvalue weighted by molar-refractivity contribution is 0.307. The third-order valence-corrected chi connectivity index (χ3v) is 2.50. The molecule has 0 bridgehead atoms. The van der Waals surface area contributed by atoms with E-state index >= 15 is 0 Å². The first kappa shape index (κ1) is 13.4. The number of phenols is 1. The molecule has 0 saturated heterocycles. The monoisotopic (exact) mass is 237 g/mol. The second kappa shape index (κ2) is 6.78. The summed E-state index contributed by atoms with van der Waals surface area (Å²) in [5.74, 6) is 0.710. The molecule has 1 aromatic rings. The van der Waals surface area contributed by atoms with Gasteiger partial charge < -0.3 is 15.1 Å². The fraction of sp³-hybridized carbons (Fsp3) is 0.462. The highest BCUT2D eigenvalue weighted by Crippen LogP contribution is 2.25. The van der Waals surface area contributed by atoms with E-state index in [1.807, 2.05) is 6.92 Å². The first-order valence-electron chi connectivity index (χ1n) is 5.90. The molecule has 0 atom stereocenters. The Kier molecular flexibility index (Phi) is 5.33. The summed E-state index contributed by atoms with van der Waals surface area (Å²) in [6, 6.07) is 5.02. The molecule has 0 aromatic heterocycles. The number of hydrogen-bond acceptors (Lipinski definition) is 4. The molecule has 0 amide bonds. The second-order valence-corrected chi connectivity index (χ2v) is 3.78. The first-order chi connectivity index (χ1) is 8.22. The van der Waals surface area contributed by atoms with Crippen LogP contribution < -0.4 is 4.74 Å². The number of ether oxygens (including phenoxy) is 1. The molecule has 1 aromatic carbocycles. The van der Waals surface area contributed by atoms with Gasteiger partial charge in [-0.2, -0.15) is 0 Å². The van der Waals surface area contributed by atoms with Crippen LogP contribution in [-0.4, -0.2) is 22.6 Å². The highest BCUT2D eigenvalue weighted by atomic mass is 16.5. The van der Waals surface area contributed by atoms with Gasteiger partial charge in [0.1, 0.15) is 11.5 Å². The highest BCUT2D eigenvalue weighted by Gasteiger charge is 2.09. The van der Waals surface area contributed by atoms with Crippen LogP contribution in [0.4, 0.5) is 0 Å². The number of nitrogens with zero attached hydrogens (tertiary/aromatic N) is 1. The molecule has 0 fully saturated rings. The molecule has 0 radical (unpaired) electrons. The minimum Gasteiger partial charge on any atom is -0.507 e. The molecule has 94 valence electrons. The fourth-order valence-corrected chi connectivity index (χ4v) is 1.49. The van der Waals surface area contributed by atoms with E-state index in [0.29, 0.717) is 30.1 Å². The van der Waals surface area contributed by atoms with Crippen LogP contribution in [0.2, 0.25) is 0 Å². The lowest BCUT2D eigenvalue weighted by atomic mass is 10.1. The third-order valence-electron chi connectivity index (χ3n) is 2.50. The van der Waals surface area contributed by atoms with Gasteiger partial charge in [0, 0.05) is 11.6 Å². The van der Waals surface area contributed by atoms with Crippen molar-refractivity contribution in [3.63, 3.8) is 0 Å². The molecule has 0 spiro atoms. The van der Waals surface area contributed by atoms with Crippen molar-refractivity contribution in [3.8, 4) is 11.5 Å². The maximum atomic E-state index is 9.81. The van der Waals surface area contributed by atoms with Gasteiger partial charge in [-0.15, -0.1) is 0 Å². The van der Waals surface area contributed by atoms with Crippen molar-refractivity contribution >= 4 is 5.71 Å². The summed E-state index contributed by atoms with van der Waals surface area (Å²) < 4.78 is 5.47. The number of benzene rings is 1. The van der Waals surface area contributed by atoms with Crippen molar-refractivity contribution in [2.24, 2.45) is 5.16 Å². The van der Waals surface area contributed by atoms with Gasteiger partial charge in [0.05, 0.1) is 12.3 Å². The Labute approximate surface area is 102 Å². The topological polar surface area (TPSA) is 62.0 Å². The van der Waals surface area contributed by atoms with Crippen LogP contribution >= 0.6 is 0 Å². The predicted molar refractivity (Wildman–Crippen MR) is 67.1 cm³/mol. The van der Waals surface area contributed by atoms with Crippen molar-refractivity contribution < 1.29 is 15.1 Å². The predicted octanol–water partition coefficient (Wildman–Crippen LogP) is 3.16. The molecule has 2 N–H and O–H groups in total. The molecule has 0 heterocycles. The van der Waals surface area contributed by atoms with Crippen LogP contribution in [0.15, 0.2) is 23.4 Å². The first-order valence-corrected chi connectivity index (χ1v) is 5.90. The summed E-state index contributed by atoms with van der Waals surface area (Å²) in [5.41, 5.74) is 1.00. The SMILES string of the molecule is CCCCOc1ccc(C(CC)=NO)c(O)c1. The van der Waals surface area contributed by atoms with Crippen molar-refractivity contribution in [2.75, 3.05) is 6.61 Å². The maximum Gasteiger partial charge on any atom is 0.128 e. The van der Waals surface area contributed by atoms with Gasteiger partial charge in [-0.05, 0) is 25.0 Å². The van der Waals surface area contributed by atoms with E-state index in [0.717, 1.165) is 12.8 Å². The summed E-state index contributed by atoms with van der Waals surface area (Å²) in [6.07, 6.45) is 2.61. The van der Waals surface area contributed by atoms with Crippen molar-refractivity contribution in [2.45, 2.75) is 33.1 Å². The van der Waals surface area contributed by atoms with Crippen LogP contribution in [0, 0.1) is 0 Å². The van der Waals surface area contributed by atoms with Gasteiger partial charge in [0.15, 0.2) is 0 Å². The van der Waals surface area contributed by atoms with Crippen molar-refractivity contribution in [1.82, 2.24) is 0 Å². The number of rotatable bonds is 6. The van der Waals surface area contributed by atoms with E-state index in [2.05, 4.69) is 12.1 Å². The standard InChI is InChI=1S/C13H19NO3/c1-3-5-8-17-10-6-7-11(13(15)9-10)12(4-2)14-16/h6-7,9,15-16H,3-5,8H2,1-2H3. The van der Waals surface area contributed by atoms with E-state index in [-0.39, 0.29) is 5.75 Å². The quantitative estimate of drug-likeness (QED) is 0.346. The van der Waals surface area contributed by atoms with Crippen LogP contribution in [0.5, 0.6) is 11.5 Å². The maximum absolute atomic E-state index is 9.81. The summed E-state index contributed by atoms with van der Waals surface area (Å²) >= 11 is 0. The fourth-order valence-electron chi connectivity index (χ4n) is 1.49. The zero-order valence-corrected chi connectivity index (χ0v) is 10.3. The molecule has 0 saturated carbocycles. The Bertz CT molecular complexity index is 388. The van der Waals surface area contributed by atoms with Crippen LogP contribution in [0.1, 0.15) is 38.7 Å². The normalized spacial score (nSPS) is 11.5. The highest BCUT2D eigenvalue weighted by molar-refractivity contribution is 6.02. The molecule has 4 heteroatoms. The molecule has 0 aliphatic carbocycles. The molecular formula is C13H19NO3. The summed E-state index contributed by atoms with van der Waals surface area (Å²) in [7, 11) is 0. The van der Waals surface area contributed by atoms with Crippen LogP contribution in [0.25, 0.3) is 0 Å². The zero-order valence-electron chi connectivity index (χ0n) is 10.3. The largest absolute Gasteiger partial charge is 0.507 e. The Morgan fingerprint density at radius 3 is 2.65 bits per heavy atom. The van der Waals surface area contributed by atoms with Crippen molar-refractivity contribution in [3.05, 3.63) is 23.8 Å². The Morgan fingerprint density at radius 1 is 1.35 bits per heavy atom. The van der Waals surface area contributed by atoms with E-state index in [1.54, 1.807) is 18.2 Å². The van der Waals surface area contributed by atoms with Crippen LogP contribution in [0.3, 0.4) is 0 Å². The number of oxime groups is 1. The Balaban J connectivity index is 2.79. The molecule has 0 aliphatic rings. The molecule has 17 heavy (non-hydrogen) atoms. The lowest BCUT2D eigenvalue weighted by Crippen LogP contribution is -2.01. The van der Waals surface area contributed by atoms with Gasteiger partial charge in [-0.3, -0.25) is 0 Å². The molecular weight excluding hydrogens is 218 g/mol. The number of unbranched alkanes of at least 4 members (excludes halogenated alkanes) is 1. The minimum atomic E-state index is 0.0775. The van der Waals surface area contributed by atoms with Gasteiger partial charge in [-0.1, -0.05) is 25.4 Å². The lowest BCUT2D eigenvalue weighted by Gasteiger charge is -2.09. The summed E-state index contributed by atoms with van der Waals surface area (Å²) in [5, 5.41) is 21.8. The van der Waals surface area contributed by atoms with Gasteiger partial charge in [-0.25, -0.2) is 0 Å². The van der Waals surface area contributed by atoms with E-state index in [9.17, 15) is 5.11 Å². The minimum absolute atomic E-state index is 0.0775. The zero-order chi connectivity index (χ0) is 12.7. The summed E-state index contributed by atoms with van der Waals surface area (Å²) in [6.45, 7) is 4.60. The Hall–Kier alpha value is -1.71. The van der Waals surface area contributed by atoms with Crippen molar-refractivity contribution in [1.29, 1.82) is 0 Å². The average molecular weight is 237 g/mol. The van der Waals surface area contributed by atoms with Gasteiger partial charge in [0.2, 0.25) is 0 Å². The summed E-state index contributed by atoms with van der Waals surface area (Å²) in [4.78, 5) is 0. The average Bonchev–Trinajstić information content (AvgIpc) is 2.33. The van der Waals surface area contributed by atoms with Gasteiger partial charge in [0.25, 0.3) is 0 Å². The van der Waals surface area contributed by atoms with E-state index in [1.165, 1.54) is 0 Å². The number of hydrogen-bond donors (Lipinski definition) is 2. The van der Waals surface area contributed by atoms with Crippen LogP contribution in [-0.2, 0) is 0 Å².